The molecular weight excluding hydrogens is 380 g/mol. The molecule has 4 heteroatoms. The maximum Gasteiger partial charge on any atom is 0.0970 e. The fourth-order valence-electron chi connectivity index (χ4n) is 3.90. The van der Waals surface area contributed by atoms with E-state index in [0.29, 0.717) is 0 Å². The number of nitrogens with zero attached hydrogens (tertiary/aromatic N) is 1. The second kappa shape index (κ2) is 13.7. The molecule has 0 radical (unpaired) electrons. The molecule has 0 saturated heterocycles. The van der Waals surface area contributed by atoms with Gasteiger partial charge in [-0.15, -0.1) is 0 Å². The highest BCUT2D eigenvalue weighted by molar-refractivity contribution is 5.49. The number of likely N-dealkylation sites (N-methyl/N-ethyl adjacent to an activating group) is 4. The zero-order chi connectivity index (χ0) is 22.4. The van der Waals surface area contributed by atoms with Crippen molar-refractivity contribution in [2.24, 2.45) is 0 Å². The van der Waals surface area contributed by atoms with Gasteiger partial charge in [0.05, 0.1) is 5.54 Å². The molecule has 0 fully saturated rings. The summed E-state index contributed by atoms with van der Waals surface area (Å²) >= 11 is 0. The van der Waals surface area contributed by atoms with Crippen LogP contribution >= 0.6 is 0 Å². The number of benzene rings is 3. The van der Waals surface area contributed by atoms with Crippen LogP contribution in [0.1, 0.15) is 16.7 Å². The molecule has 0 spiro atoms. The average molecular weight is 419 g/mol. The summed E-state index contributed by atoms with van der Waals surface area (Å²) in [5.41, 5.74) is 3.53. The Bertz CT molecular complexity index is 721. The molecular formula is C27H38N4. The molecule has 3 rings (SSSR count). The Morgan fingerprint density at radius 2 is 0.871 bits per heavy atom. The topological polar surface area (TPSA) is 39.3 Å². The second-order valence-electron chi connectivity index (χ2n) is 7.54. The van der Waals surface area contributed by atoms with Crippen LogP contribution in [0.15, 0.2) is 91.0 Å². The van der Waals surface area contributed by atoms with Crippen molar-refractivity contribution < 1.29 is 0 Å². The second-order valence-corrected chi connectivity index (χ2v) is 7.54. The van der Waals surface area contributed by atoms with Crippen molar-refractivity contribution in [2.45, 2.75) is 5.54 Å². The fraction of sp³-hybridized carbons (Fsp3) is 0.333. The summed E-state index contributed by atoms with van der Waals surface area (Å²) in [7, 11) is 8.10. The Balaban J connectivity index is 0.000000501. The van der Waals surface area contributed by atoms with Crippen LogP contribution in [0.25, 0.3) is 0 Å². The van der Waals surface area contributed by atoms with Gasteiger partial charge in [-0.1, -0.05) is 91.0 Å². The summed E-state index contributed by atoms with van der Waals surface area (Å²) in [4.78, 5) is 2.45. The van der Waals surface area contributed by atoms with Crippen LogP contribution < -0.4 is 16.0 Å². The summed E-state index contributed by atoms with van der Waals surface area (Å²) in [6.45, 7) is 3.98. The third-order valence-electron chi connectivity index (χ3n) is 5.47. The highest BCUT2D eigenvalue weighted by Crippen LogP contribution is 2.41. The van der Waals surface area contributed by atoms with E-state index in [4.69, 9.17) is 0 Å². The lowest BCUT2D eigenvalue weighted by Crippen LogP contribution is -2.48. The molecule has 0 saturated carbocycles. The predicted octanol–water partition coefficient (Wildman–Crippen LogP) is 3.55. The van der Waals surface area contributed by atoms with Gasteiger partial charge in [0.1, 0.15) is 0 Å². The van der Waals surface area contributed by atoms with E-state index < -0.39 is 0 Å². The van der Waals surface area contributed by atoms with Gasteiger partial charge in [-0.3, -0.25) is 4.90 Å². The lowest BCUT2D eigenvalue weighted by Gasteiger charge is -2.44. The minimum atomic E-state index is -0.319. The zero-order valence-electron chi connectivity index (χ0n) is 19.4. The number of hydrogen-bond donors (Lipinski definition) is 3. The van der Waals surface area contributed by atoms with Crippen LogP contribution in [0.4, 0.5) is 0 Å². The normalized spacial score (nSPS) is 11.1. The van der Waals surface area contributed by atoms with E-state index in [-0.39, 0.29) is 5.54 Å². The van der Waals surface area contributed by atoms with Gasteiger partial charge in [-0.25, -0.2) is 0 Å². The molecule has 0 bridgehead atoms. The Hall–Kier alpha value is -2.50. The molecule has 0 aliphatic rings. The Kier molecular flexibility index (Phi) is 11.0. The van der Waals surface area contributed by atoms with E-state index in [9.17, 15) is 0 Å². The molecule has 0 heterocycles. The molecule has 0 unspecified atom stereocenters. The fourth-order valence-corrected chi connectivity index (χ4v) is 3.90. The minimum Gasteiger partial charge on any atom is -0.318 e. The highest BCUT2D eigenvalue weighted by atomic mass is 15.2. The lowest BCUT2D eigenvalue weighted by molar-refractivity contribution is 0.201. The van der Waals surface area contributed by atoms with Crippen LogP contribution in [0.3, 0.4) is 0 Å². The Morgan fingerprint density at radius 1 is 0.548 bits per heavy atom. The minimum absolute atomic E-state index is 0.319. The van der Waals surface area contributed by atoms with Crippen molar-refractivity contribution in [3.63, 3.8) is 0 Å². The van der Waals surface area contributed by atoms with Crippen LogP contribution in [0.5, 0.6) is 0 Å². The van der Waals surface area contributed by atoms with E-state index in [0.717, 1.165) is 26.2 Å². The Morgan fingerprint density at radius 3 is 1.16 bits per heavy atom. The van der Waals surface area contributed by atoms with Crippen molar-refractivity contribution in [3.8, 4) is 0 Å². The van der Waals surface area contributed by atoms with Gasteiger partial charge in [0, 0.05) is 26.2 Å². The molecule has 3 N–H and O–H groups in total. The molecule has 166 valence electrons. The van der Waals surface area contributed by atoms with Gasteiger partial charge in [-0.2, -0.15) is 0 Å². The smallest absolute Gasteiger partial charge is 0.0970 e. The number of rotatable bonds is 10. The van der Waals surface area contributed by atoms with Gasteiger partial charge in [-0.05, 0) is 44.9 Å². The zero-order valence-corrected chi connectivity index (χ0v) is 19.4. The summed E-state index contributed by atoms with van der Waals surface area (Å²) in [6, 6.07) is 32.4. The first-order valence-electron chi connectivity index (χ1n) is 11.0. The van der Waals surface area contributed by atoms with Crippen molar-refractivity contribution in [1.82, 2.24) is 20.9 Å². The SMILES string of the molecule is CNCCN(C)C(c1ccccc1)(c1ccccc1)c1ccccc1.CNCCNC. The summed E-state index contributed by atoms with van der Waals surface area (Å²) in [6.07, 6.45) is 0. The van der Waals surface area contributed by atoms with Crippen LogP contribution in [0.2, 0.25) is 0 Å². The monoisotopic (exact) mass is 418 g/mol. The molecule has 0 amide bonds. The van der Waals surface area contributed by atoms with Crippen LogP contribution in [0, 0.1) is 0 Å². The van der Waals surface area contributed by atoms with Gasteiger partial charge < -0.3 is 16.0 Å². The summed E-state index contributed by atoms with van der Waals surface area (Å²) in [5, 5.41) is 9.30. The standard InChI is InChI=1S/C23H26N2.C4H12N2/c1-24-18-19-25(2)23(20-12-6-3-7-13-20,21-14-8-4-9-15-21)22-16-10-5-11-17-22;1-5-3-4-6-2/h3-17,24H,18-19H2,1-2H3;5-6H,3-4H2,1-2H3. The average Bonchev–Trinajstić information content (AvgIpc) is 2.84. The largest absolute Gasteiger partial charge is 0.318 e. The maximum atomic E-state index is 3.28. The van der Waals surface area contributed by atoms with E-state index in [1.54, 1.807) is 0 Å². The Labute approximate surface area is 188 Å². The molecule has 3 aromatic rings. The van der Waals surface area contributed by atoms with E-state index >= 15 is 0 Å². The molecule has 4 nitrogen and oxygen atoms in total. The van der Waals surface area contributed by atoms with Crippen LogP contribution in [-0.2, 0) is 5.54 Å². The summed E-state index contributed by atoms with van der Waals surface area (Å²) in [5.74, 6) is 0. The first kappa shape index (κ1) is 24.8. The number of hydrogen-bond acceptors (Lipinski definition) is 4. The van der Waals surface area contributed by atoms with Gasteiger partial charge >= 0.3 is 0 Å². The van der Waals surface area contributed by atoms with Crippen molar-refractivity contribution in [1.29, 1.82) is 0 Å². The lowest BCUT2D eigenvalue weighted by atomic mass is 9.76. The molecule has 0 aliphatic carbocycles. The quantitative estimate of drug-likeness (QED) is 0.348. The third kappa shape index (κ3) is 6.49. The van der Waals surface area contributed by atoms with E-state index in [2.05, 4.69) is 119 Å². The molecule has 0 aromatic heterocycles. The van der Waals surface area contributed by atoms with E-state index in [1.807, 2.05) is 21.1 Å². The highest BCUT2D eigenvalue weighted by Gasteiger charge is 2.39. The van der Waals surface area contributed by atoms with Crippen LogP contribution in [-0.4, -0.2) is 59.3 Å². The predicted molar refractivity (Wildman–Crippen MR) is 134 cm³/mol. The van der Waals surface area contributed by atoms with Gasteiger partial charge in [0.25, 0.3) is 0 Å². The molecule has 31 heavy (non-hydrogen) atoms. The van der Waals surface area contributed by atoms with Gasteiger partial charge in [0.15, 0.2) is 0 Å². The van der Waals surface area contributed by atoms with Crippen molar-refractivity contribution in [2.75, 3.05) is 54.4 Å². The van der Waals surface area contributed by atoms with E-state index in [1.165, 1.54) is 16.7 Å². The number of nitrogens with one attached hydrogen (secondary N) is 3. The first-order valence-corrected chi connectivity index (χ1v) is 11.0. The molecule has 0 atom stereocenters. The maximum absolute atomic E-state index is 3.28. The first-order chi connectivity index (χ1) is 15.2. The van der Waals surface area contributed by atoms with Crippen molar-refractivity contribution >= 4 is 0 Å². The third-order valence-corrected chi connectivity index (χ3v) is 5.47. The van der Waals surface area contributed by atoms with Crippen molar-refractivity contribution in [3.05, 3.63) is 108 Å². The molecule has 0 aliphatic heterocycles. The molecule has 3 aromatic carbocycles. The van der Waals surface area contributed by atoms with Gasteiger partial charge in [0.2, 0.25) is 0 Å². The summed E-state index contributed by atoms with van der Waals surface area (Å²) < 4.78 is 0.